The smallest absolute Gasteiger partial charge is 0.260 e. The van der Waals surface area contributed by atoms with Gasteiger partial charge in [0.25, 0.3) is 5.91 Å². The quantitative estimate of drug-likeness (QED) is 0.804. The van der Waals surface area contributed by atoms with Crippen molar-refractivity contribution < 1.29 is 15.0 Å². The molecular weight excluding hydrogens is 256 g/mol. The number of rotatable bonds is 1. The van der Waals surface area contributed by atoms with Crippen LogP contribution in [0.2, 0.25) is 0 Å². The molecule has 0 spiro atoms. The minimum absolute atomic E-state index is 0.279. The summed E-state index contributed by atoms with van der Waals surface area (Å²) in [5.41, 5.74) is 1.91. The minimum Gasteiger partial charge on any atom is -0.390 e. The summed E-state index contributed by atoms with van der Waals surface area (Å²) < 4.78 is 0. The van der Waals surface area contributed by atoms with Crippen molar-refractivity contribution >= 4 is 17.3 Å². The molecule has 1 atom stereocenters. The van der Waals surface area contributed by atoms with Crippen LogP contribution in [0.5, 0.6) is 0 Å². The van der Waals surface area contributed by atoms with E-state index in [-0.39, 0.29) is 5.91 Å². The Morgan fingerprint density at radius 1 is 1.30 bits per heavy atom. The standard InChI is InChI=1S/C15H20N2O3/c1-15(20)5-7-17(8-6-15)10-3-4-11-12(9-10)16(2)14(19)13(11)18/h3-4,9,13,18,20H,5-8H2,1-2H3. The van der Waals surface area contributed by atoms with Crippen LogP contribution in [0, 0.1) is 0 Å². The molecule has 108 valence electrons. The van der Waals surface area contributed by atoms with E-state index < -0.39 is 11.7 Å². The molecule has 0 aliphatic carbocycles. The number of piperidine rings is 1. The van der Waals surface area contributed by atoms with E-state index >= 15 is 0 Å². The fourth-order valence-corrected chi connectivity index (χ4v) is 2.93. The second kappa shape index (κ2) is 4.46. The van der Waals surface area contributed by atoms with Gasteiger partial charge in [-0.05, 0) is 31.9 Å². The number of amides is 1. The number of fused-ring (bicyclic) bond motifs is 1. The third kappa shape index (κ3) is 2.07. The zero-order valence-electron chi connectivity index (χ0n) is 11.8. The summed E-state index contributed by atoms with van der Waals surface area (Å²) in [5, 5.41) is 19.8. The first kappa shape index (κ1) is 13.4. The second-order valence-electron chi connectivity index (χ2n) is 6.03. The number of aliphatic hydroxyl groups excluding tert-OH is 1. The van der Waals surface area contributed by atoms with E-state index in [4.69, 9.17) is 0 Å². The summed E-state index contributed by atoms with van der Waals surface area (Å²) in [4.78, 5) is 15.5. The second-order valence-corrected chi connectivity index (χ2v) is 6.03. The molecule has 1 fully saturated rings. The maximum absolute atomic E-state index is 11.8. The van der Waals surface area contributed by atoms with Crippen LogP contribution in [0.4, 0.5) is 11.4 Å². The average Bonchev–Trinajstić information content (AvgIpc) is 2.64. The lowest BCUT2D eigenvalue weighted by molar-refractivity contribution is -0.125. The van der Waals surface area contributed by atoms with Crippen molar-refractivity contribution in [2.75, 3.05) is 29.9 Å². The van der Waals surface area contributed by atoms with Crippen molar-refractivity contribution in [3.63, 3.8) is 0 Å². The van der Waals surface area contributed by atoms with Crippen LogP contribution < -0.4 is 9.80 Å². The molecule has 5 nitrogen and oxygen atoms in total. The third-order valence-electron chi connectivity index (χ3n) is 4.44. The van der Waals surface area contributed by atoms with Crippen LogP contribution in [0.25, 0.3) is 0 Å². The highest BCUT2D eigenvalue weighted by atomic mass is 16.3. The van der Waals surface area contributed by atoms with Crippen LogP contribution in [0.15, 0.2) is 18.2 Å². The van der Waals surface area contributed by atoms with Gasteiger partial charge in [0, 0.05) is 31.4 Å². The van der Waals surface area contributed by atoms with Gasteiger partial charge in [0.05, 0.1) is 11.3 Å². The lowest BCUT2D eigenvalue weighted by atomic mass is 9.93. The van der Waals surface area contributed by atoms with E-state index in [0.717, 1.165) is 37.3 Å². The molecule has 1 aromatic rings. The molecule has 0 radical (unpaired) electrons. The monoisotopic (exact) mass is 276 g/mol. The number of hydrogen-bond donors (Lipinski definition) is 2. The zero-order chi connectivity index (χ0) is 14.5. The Morgan fingerprint density at radius 3 is 2.60 bits per heavy atom. The lowest BCUT2D eigenvalue weighted by Gasteiger charge is -2.37. The van der Waals surface area contributed by atoms with Gasteiger partial charge in [-0.25, -0.2) is 0 Å². The summed E-state index contributed by atoms with van der Waals surface area (Å²) in [6, 6.07) is 5.71. The van der Waals surface area contributed by atoms with E-state index in [1.54, 1.807) is 7.05 Å². The molecule has 1 amide bonds. The number of carbonyl (C=O) groups is 1. The predicted octanol–water partition coefficient (Wildman–Crippen LogP) is 1.05. The van der Waals surface area contributed by atoms with Gasteiger partial charge < -0.3 is 20.0 Å². The predicted molar refractivity (Wildman–Crippen MR) is 76.9 cm³/mol. The molecule has 0 bridgehead atoms. The van der Waals surface area contributed by atoms with Crippen LogP contribution in [0.3, 0.4) is 0 Å². The Kier molecular flexibility index (Phi) is 2.99. The Morgan fingerprint density at radius 2 is 1.95 bits per heavy atom. The number of carbonyl (C=O) groups excluding carboxylic acids is 1. The molecule has 1 unspecified atom stereocenters. The number of anilines is 2. The molecule has 1 saturated heterocycles. The summed E-state index contributed by atoms with van der Waals surface area (Å²) in [6.07, 6.45) is 0.439. The first-order chi connectivity index (χ1) is 9.39. The van der Waals surface area contributed by atoms with E-state index in [9.17, 15) is 15.0 Å². The van der Waals surface area contributed by atoms with Crippen molar-refractivity contribution in [2.45, 2.75) is 31.5 Å². The van der Waals surface area contributed by atoms with Crippen molar-refractivity contribution in [3.8, 4) is 0 Å². The lowest BCUT2D eigenvalue weighted by Crippen LogP contribution is -2.42. The Hall–Kier alpha value is -1.59. The van der Waals surface area contributed by atoms with Gasteiger partial charge in [-0.1, -0.05) is 6.07 Å². The average molecular weight is 276 g/mol. The summed E-state index contributed by atoms with van der Waals surface area (Å²) in [6.45, 7) is 3.47. The molecule has 0 aromatic heterocycles. The minimum atomic E-state index is -1.04. The van der Waals surface area contributed by atoms with Gasteiger partial charge in [-0.3, -0.25) is 4.79 Å². The van der Waals surface area contributed by atoms with Crippen molar-refractivity contribution in [2.24, 2.45) is 0 Å². The fraction of sp³-hybridized carbons (Fsp3) is 0.533. The van der Waals surface area contributed by atoms with Gasteiger partial charge in [-0.2, -0.15) is 0 Å². The number of nitrogens with zero attached hydrogens (tertiary/aromatic N) is 2. The van der Waals surface area contributed by atoms with Crippen LogP contribution >= 0.6 is 0 Å². The normalized spacial score (nSPS) is 25.0. The number of hydrogen-bond acceptors (Lipinski definition) is 4. The summed E-state index contributed by atoms with van der Waals surface area (Å²) >= 11 is 0. The largest absolute Gasteiger partial charge is 0.390 e. The molecule has 20 heavy (non-hydrogen) atoms. The molecule has 1 aromatic carbocycles. The Balaban J connectivity index is 1.86. The van der Waals surface area contributed by atoms with Gasteiger partial charge in [0.1, 0.15) is 0 Å². The van der Waals surface area contributed by atoms with Crippen LogP contribution in [-0.4, -0.2) is 41.9 Å². The first-order valence-corrected chi connectivity index (χ1v) is 6.96. The fourth-order valence-electron chi connectivity index (χ4n) is 2.93. The highest BCUT2D eigenvalue weighted by Crippen LogP contribution is 2.38. The highest BCUT2D eigenvalue weighted by Gasteiger charge is 2.34. The van der Waals surface area contributed by atoms with Crippen molar-refractivity contribution in [1.82, 2.24) is 0 Å². The molecule has 3 rings (SSSR count). The zero-order valence-corrected chi connectivity index (χ0v) is 11.8. The SMILES string of the molecule is CN1C(=O)C(O)c2ccc(N3CCC(C)(O)CC3)cc21. The molecule has 2 N–H and O–H groups in total. The molecule has 5 heteroatoms. The van der Waals surface area contributed by atoms with Gasteiger partial charge in [0.15, 0.2) is 6.10 Å². The summed E-state index contributed by atoms with van der Waals surface area (Å²) in [5.74, 6) is -0.279. The van der Waals surface area contributed by atoms with E-state index in [2.05, 4.69) is 4.90 Å². The third-order valence-corrected chi connectivity index (χ3v) is 4.44. The molecular formula is C15H20N2O3. The maximum Gasteiger partial charge on any atom is 0.260 e. The molecule has 2 aliphatic rings. The molecule has 2 heterocycles. The number of aliphatic hydroxyl groups is 2. The number of benzene rings is 1. The van der Waals surface area contributed by atoms with Crippen LogP contribution in [-0.2, 0) is 4.79 Å². The highest BCUT2D eigenvalue weighted by molar-refractivity contribution is 6.03. The Labute approximate surface area is 118 Å². The maximum atomic E-state index is 11.8. The molecule has 0 saturated carbocycles. The van der Waals surface area contributed by atoms with Gasteiger partial charge in [-0.15, -0.1) is 0 Å². The van der Waals surface area contributed by atoms with Crippen LogP contribution in [0.1, 0.15) is 31.4 Å². The number of likely N-dealkylation sites (N-methyl/N-ethyl adjacent to an activating group) is 1. The van der Waals surface area contributed by atoms with Crippen molar-refractivity contribution in [1.29, 1.82) is 0 Å². The van der Waals surface area contributed by atoms with Gasteiger partial charge >= 0.3 is 0 Å². The molecule has 2 aliphatic heterocycles. The Bertz CT molecular complexity index is 546. The summed E-state index contributed by atoms with van der Waals surface area (Å²) in [7, 11) is 1.68. The van der Waals surface area contributed by atoms with E-state index in [1.807, 2.05) is 25.1 Å². The topological polar surface area (TPSA) is 64.0 Å². The van der Waals surface area contributed by atoms with Gasteiger partial charge in [0.2, 0.25) is 0 Å². The van der Waals surface area contributed by atoms with E-state index in [1.165, 1.54) is 4.90 Å². The first-order valence-electron chi connectivity index (χ1n) is 6.96. The van der Waals surface area contributed by atoms with E-state index in [0.29, 0.717) is 5.56 Å². The van der Waals surface area contributed by atoms with Crippen molar-refractivity contribution in [3.05, 3.63) is 23.8 Å².